The molecule has 2 fully saturated rings. The molecule has 0 amide bonds. The van der Waals surface area contributed by atoms with Crippen molar-refractivity contribution in [2.24, 2.45) is 5.92 Å². The zero-order chi connectivity index (χ0) is 14.1. The van der Waals surface area contributed by atoms with Crippen molar-refractivity contribution in [1.82, 2.24) is 5.32 Å². The molecule has 0 atom stereocenters. The van der Waals surface area contributed by atoms with Crippen molar-refractivity contribution in [3.63, 3.8) is 0 Å². The van der Waals surface area contributed by atoms with Gasteiger partial charge in [0.25, 0.3) is 0 Å². The SMILES string of the molecule is CN(CC1CC(O)C1)c1ccc(Cl)cc1CNC1CC1. The van der Waals surface area contributed by atoms with E-state index in [1.807, 2.05) is 6.07 Å². The summed E-state index contributed by atoms with van der Waals surface area (Å²) in [7, 11) is 2.13. The number of aliphatic hydroxyl groups is 1. The summed E-state index contributed by atoms with van der Waals surface area (Å²) in [5, 5.41) is 13.8. The van der Waals surface area contributed by atoms with Gasteiger partial charge in [0.2, 0.25) is 0 Å². The Morgan fingerprint density at radius 3 is 2.75 bits per heavy atom. The molecule has 2 aliphatic carbocycles. The van der Waals surface area contributed by atoms with E-state index in [2.05, 4.69) is 29.4 Å². The molecule has 4 heteroatoms. The van der Waals surface area contributed by atoms with Crippen LogP contribution < -0.4 is 10.2 Å². The molecule has 0 aromatic heterocycles. The summed E-state index contributed by atoms with van der Waals surface area (Å²) >= 11 is 6.14. The molecule has 1 aromatic rings. The monoisotopic (exact) mass is 294 g/mol. The van der Waals surface area contributed by atoms with Gasteiger partial charge in [-0.05, 0) is 55.4 Å². The molecule has 3 nitrogen and oxygen atoms in total. The minimum atomic E-state index is -0.0744. The van der Waals surface area contributed by atoms with Crippen LogP contribution in [0.1, 0.15) is 31.2 Å². The van der Waals surface area contributed by atoms with E-state index in [9.17, 15) is 5.11 Å². The number of benzene rings is 1. The Morgan fingerprint density at radius 2 is 2.10 bits per heavy atom. The van der Waals surface area contributed by atoms with Gasteiger partial charge < -0.3 is 15.3 Å². The van der Waals surface area contributed by atoms with E-state index in [1.54, 1.807) is 0 Å². The lowest BCUT2D eigenvalue weighted by molar-refractivity contribution is 0.0464. The highest BCUT2D eigenvalue weighted by molar-refractivity contribution is 6.30. The van der Waals surface area contributed by atoms with Crippen LogP contribution in [0.25, 0.3) is 0 Å². The maximum absolute atomic E-state index is 9.40. The van der Waals surface area contributed by atoms with Crippen LogP contribution in [0, 0.1) is 5.92 Å². The molecule has 2 aliphatic rings. The Morgan fingerprint density at radius 1 is 1.35 bits per heavy atom. The third-order valence-electron chi connectivity index (χ3n) is 4.35. The van der Waals surface area contributed by atoms with Crippen molar-refractivity contribution in [3.8, 4) is 0 Å². The van der Waals surface area contributed by atoms with E-state index >= 15 is 0 Å². The number of nitrogens with zero attached hydrogens (tertiary/aromatic N) is 1. The lowest BCUT2D eigenvalue weighted by atomic mass is 9.82. The first kappa shape index (κ1) is 14.2. The van der Waals surface area contributed by atoms with Crippen molar-refractivity contribution < 1.29 is 5.11 Å². The summed E-state index contributed by atoms with van der Waals surface area (Å²) in [6.07, 6.45) is 4.40. The van der Waals surface area contributed by atoms with Crippen LogP contribution in [0.4, 0.5) is 5.69 Å². The van der Waals surface area contributed by atoms with Crippen LogP contribution in [-0.2, 0) is 6.54 Å². The van der Waals surface area contributed by atoms with Gasteiger partial charge in [-0.25, -0.2) is 0 Å². The minimum Gasteiger partial charge on any atom is -0.393 e. The third kappa shape index (κ3) is 3.46. The average molecular weight is 295 g/mol. The van der Waals surface area contributed by atoms with E-state index < -0.39 is 0 Å². The standard InChI is InChI=1S/C16H23ClN2O/c1-19(10-11-6-15(20)7-11)16-5-2-13(17)8-12(16)9-18-14-3-4-14/h2,5,8,11,14-15,18,20H,3-4,6-7,9-10H2,1H3. The molecule has 2 N–H and O–H groups in total. The molecular weight excluding hydrogens is 272 g/mol. The third-order valence-corrected chi connectivity index (χ3v) is 4.59. The molecule has 0 bridgehead atoms. The maximum atomic E-state index is 9.40. The number of hydrogen-bond acceptors (Lipinski definition) is 3. The van der Waals surface area contributed by atoms with Gasteiger partial charge in [0.15, 0.2) is 0 Å². The Balaban J connectivity index is 1.66. The molecule has 0 heterocycles. The first-order valence-electron chi connectivity index (χ1n) is 7.53. The molecule has 0 saturated heterocycles. The first-order chi connectivity index (χ1) is 9.61. The van der Waals surface area contributed by atoms with Gasteiger partial charge in [-0.1, -0.05) is 11.6 Å². The molecule has 110 valence electrons. The van der Waals surface area contributed by atoms with Crippen molar-refractivity contribution in [3.05, 3.63) is 28.8 Å². The zero-order valence-electron chi connectivity index (χ0n) is 12.0. The predicted octanol–water partition coefficient (Wildman–Crippen LogP) is 2.80. The van der Waals surface area contributed by atoms with Crippen molar-refractivity contribution in [1.29, 1.82) is 0 Å². The Bertz CT molecular complexity index is 470. The minimum absolute atomic E-state index is 0.0744. The highest BCUT2D eigenvalue weighted by Crippen LogP contribution is 2.31. The topological polar surface area (TPSA) is 35.5 Å². The Hall–Kier alpha value is -0.770. The first-order valence-corrected chi connectivity index (χ1v) is 7.90. The fraction of sp³-hybridized carbons (Fsp3) is 0.625. The molecule has 0 radical (unpaired) electrons. The molecule has 20 heavy (non-hydrogen) atoms. The van der Waals surface area contributed by atoms with Gasteiger partial charge in [-0.3, -0.25) is 0 Å². The smallest absolute Gasteiger partial charge is 0.0546 e. The zero-order valence-corrected chi connectivity index (χ0v) is 12.7. The fourth-order valence-corrected chi connectivity index (χ4v) is 3.14. The van der Waals surface area contributed by atoms with Crippen LogP contribution in [0.5, 0.6) is 0 Å². The van der Waals surface area contributed by atoms with Crippen LogP contribution in [0.3, 0.4) is 0 Å². The van der Waals surface area contributed by atoms with E-state index in [0.29, 0.717) is 12.0 Å². The van der Waals surface area contributed by atoms with Crippen LogP contribution in [0.15, 0.2) is 18.2 Å². The van der Waals surface area contributed by atoms with Crippen molar-refractivity contribution in [2.75, 3.05) is 18.5 Å². The summed E-state index contributed by atoms with van der Waals surface area (Å²) in [4.78, 5) is 2.30. The Labute approximate surface area is 125 Å². The fourth-order valence-electron chi connectivity index (χ4n) is 2.95. The number of anilines is 1. The van der Waals surface area contributed by atoms with Crippen LogP contribution in [-0.4, -0.2) is 30.8 Å². The van der Waals surface area contributed by atoms with E-state index in [-0.39, 0.29) is 6.10 Å². The van der Waals surface area contributed by atoms with Gasteiger partial charge in [0, 0.05) is 36.9 Å². The molecular formula is C16H23ClN2O. The Kier molecular flexibility index (Phi) is 4.20. The summed E-state index contributed by atoms with van der Waals surface area (Å²) in [6, 6.07) is 6.84. The van der Waals surface area contributed by atoms with Gasteiger partial charge >= 0.3 is 0 Å². The quantitative estimate of drug-likeness (QED) is 0.847. The normalized spacial score (nSPS) is 25.4. The van der Waals surface area contributed by atoms with E-state index in [1.165, 1.54) is 24.1 Å². The maximum Gasteiger partial charge on any atom is 0.0546 e. The van der Waals surface area contributed by atoms with Crippen molar-refractivity contribution >= 4 is 17.3 Å². The van der Waals surface area contributed by atoms with Gasteiger partial charge in [0.1, 0.15) is 0 Å². The second-order valence-electron chi connectivity index (χ2n) is 6.30. The number of hydrogen-bond donors (Lipinski definition) is 2. The van der Waals surface area contributed by atoms with Crippen LogP contribution in [0.2, 0.25) is 5.02 Å². The molecule has 2 saturated carbocycles. The summed E-state index contributed by atoms with van der Waals surface area (Å²) < 4.78 is 0. The second-order valence-corrected chi connectivity index (χ2v) is 6.74. The molecule has 0 spiro atoms. The summed E-state index contributed by atoms with van der Waals surface area (Å²) in [6.45, 7) is 1.90. The van der Waals surface area contributed by atoms with E-state index in [4.69, 9.17) is 11.6 Å². The predicted molar refractivity (Wildman–Crippen MR) is 83.3 cm³/mol. The molecule has 1 aromatic carbocycles. The number of nitrogens with one attached hydrogen (secondary N) is 1. The lowest BCUT2D eigenvalue weighted by Crippen LogP contribution is -2.37. The molecule has 0 unspecified atom stereocenters. The number of rotatable bonds is 6. The van der Waals surface area contributed by atoms with Crippen molar-refractivity contribution in [2.45, 2.75) is 44.4 Å². The lowest BCUT2D eigenvalue weighted by Gasteiger charge is -2.35. The average Bonchev–Trinajstić information content (AvgIpc) is 3.18. The highest BCUT2D eigenvalue weighted by Gasteiger charge is 2.28. The van der Waals surface area contributed by atoms with Gasteiger partial charge in [-0.15, -0.1) is 0 Å². The molecule has 3 rings (SSSR count). The summed E-state index contributed by atoms with van der Waals surface area (Å²) in [5.41, 5.74) is 2.52. The highest BCUT2D eigenvalue weighted by atomic mass is 35.5. The van der Waals surface area contributed by atoms with Gasteiger partial charge in [0.05, 0.1) is 6.10 Å². The van der Waals surface area contributed by atoms with E-state index in [0.717, 1.165) is 31.0 Å². The summed E-state index contributed by atoms with van der Waals surface area (Å²) in [5.74, 6) is 0.620. The number of halogens is 1. The number of aliphatic hydroxyl groups excluding tert-OH is 1. The van der Waals surface area contributed by atoms with Gasteiger partial charge in [-0.2, -0.15) is 0 Å². The van der Waals surface area contributed by atoms with Crippen LogP contribution >= 0.6 is 11.6 Å². The second kappa shape index (κ2) is 5.92. The molecule has 0 aliphatic heterocycles. The largest absolute Gasteiger partial charge is 0.393 e.